The highest BCUT2D eigenvalue weighted by molar-refractivity contribution is 7.89. The fourth-order valence-electron chi connectivity index (χ4n) is 6.84. The van der Waals surface area contributed by atoms with Crippen molar-refractivity contribution in [2.75, 3.05) is 7.11 Å². The van der Waals surface area contributed by atoms with Gasteiger partial charge in [0.15, 0.2) is 11.6 Å². The second-order valence-corrected chi connectivity index (χ2v) is 16.6. The molecule has 53 heavy (non-hydrogen) atoms. The van der Waals surface area contributed by atoms with E-state index in [1.165, 1.54) is 26.0 Å². The Bertz CT molecular complexity index is 1620. The number of aliphatic hydroxyl groups is 2. The van der Waals surface area contributed by atoms with Crippen LogP contribution in [0.2, 0.25) is 0 Å². The van der Waals surface area contributed by atoms with E-state index < -0.39 is 86.1 Å². The lowest BCUT2D eigenvalue weighted by molar-refractivity contribution is -0.156. The normalized spacial score (nSPS) is 30.4. The molecule has 3 rings (SSSR count). The Morgan fingerprint density at radius 2 is 1.87 bits per heavy atom. The van der Waals surface area contributed by atoms with Crippen molar-refractivity contribution in [1.82, 2.24) is 4.72 Å². The van der Waals surface area contributed by atoms with Gasteiger partial charge in [0.25, 0.3) is 0 Å². The summed E-state index contributed by atoms with van der Waals surface area (Å²) in [4.78, 5) is 24.6. The summed E-state index contributed by atoms with van der Waals surface area (Å²) in [5, 5.41) is 23.1. The number of methoxy groups -OCH3 is 1. The summed E-state index contributed by atoms with van der Waals surface area (Å²) in [6.07, 6.45) is 6.91. The number of ether oxygens (including phenoxy) is 4. The number of nitrogens with one attached hydrogen (secondary N) is 1. The standard InChI is InChI=1S/C39H57F2NO10S/c1-10-27-18-20-38(7,45)32(50-26(6)43)17-14-24(4)34(51-33(44)21-27)23(3)13-12-19-39(8,46)37(36-35(52-36)25(5)31(11-2)49-9)42-53(47,48)28-15-16-29(40)30(41)22-28/h12-17,19,22,24-25,27,31-32,34-37,42,45-46H,10-11,18,20-21H2,1-9H3. The largest absolute Gasteiger partial charge is 0.457 e. The Kier molecular flexibility index (Phi) is 15.5. The molecule has 1 aromatic rings. The van der Waals surface area contributed by atoms with Gasteiger partial charge in [-0.2, -0.15) is 0 Å². The second kappa shape index (κ2) is 18.5. The predicted octanol–water partition coefficient (Wildman–Crippen LogP) is 5.69. The lowest BCUT2D eigenvalue weighted by Crippen LogP contribution is -2.54. The molecule has 11 nitrogen and oxygen atoms in total. The van der Waals surface area contributed by atoms with Crippen LogP contribution in [0.4, 0.5) is 8.78 Å². The number of epoxide rings is 1. The fraction of sp³-hybridized carbons (Fsp3) is 0.641. The Labute approximate surface area is 312 Å². The zero-order valence-electron chi connectivity index (χ0n) is 32.2. The third-order valence-electron chi connectivity index (χ3n) is 10.4. The number of hydrogen-bond acceptors (Lipinski definition) is 10. The summed E-state index contributed by atoms with van der Waals surface area (Å²) in [5.74, 6) is -4.20. The number of sulfonamides is 1. The average molecular weight is 770 g/mol. The maximum absolute atomic E-state index is 14.1. The molecule has 1 fully saturated rings. The monoisotopic (exact) mass is 769 g/mol. The van der Waals surface area contributed by atoms with Gasteiger partial charge >= 0.3 is 11.9 Å². The summed E-state index contributed by atoms with van der Waals surface area (Å²) < 4.78 is 80.1. The minimum Gasteiger partial charge on any atom is -0.457 e. The number of carbonyl (C=O) groups excluding carboxylic acids is 2. The van der Waals surface area contributed by atoms with E-state index in [9.17, 15) is 37.0 Å². The molecule has 2 aliphatic rings. The van der Waals surface area contributed by atoms with Gasteiger partial charge in [-0.1, -0.05) is 58.4 Å². The third-order valence-corrected chi connectivity index (χ3v) is 11.8. The lowest BCUT2D eigenvalue weighted by atomic mass is 9.85. The van der Waals surface area contributed by atoms with Crippen LogP contribution in [0.15, 0.2) is 59.0 Å². The van der Waals surface area contributed by atoms with Crippen molar-refractivity contribution in [3.8, 4) is 0 Å². The summed E-state index contributed by atoms with van der Waals surface area (Å²) in [6.45, 7) is 13.6. The van der Waals surface area contributed by atoms with Gasteiger partial charge in [0, 0.05) is 32.3 Å². The molecule has 2 heterocycles. The molecule has 3 N–H and O–H groups in total. The van der Waals surface area contributed by atoms with E-state index in [2.05, 4.69) is 4.72 Å². The Balaban J connectivity index is 1.97. The van der Waals surface area contributed by atoms with Gasteiger partial charge in [0.2, 0.25) is 10.0 Å². The van der Waals surface area contributed by atoms with Crippen molar-refractivity contribution >= 4 is 22.0 Å². The van der Waals surface area contributed by atoms with E-state index in [1.54, 1.807) is 39.2 Å². The first kappa shape index (κ1) is 44.4. The van der Waals surface area contributed by atoms with Crippen LogP contribution in [0.25, 0.3) is 0 Å². The zero-order valence-corrected chi connectivity index (χ0v) is 33.0. The van der Waals surface area contributed by atoms with Crippen molar-refractivity contribution < 1.29 is 55.9 Å². The first-order chi connectivity index (χ1) is 24.7. The molecule has 298 valence electrons. The summed E-state index contributed by atoms with van der Waals surface area (Å²) in [6, 6.07) is 0.930. The van der Waals surface area contributed by atoms with Crippen LogP contribution in [0, 0.1) is 29.4 Å². The topological polar surface area (TPSA) is 161 Å². The van der Waals surface area contributed by atoms with Crippen molar-refractivity contribution in [3.63, 3.8) is 0 Å². The van der Waals surface area contributed by atoms with Crippen molar-refractivity contribution in [2.24, 2.45) is 17.8 Å². The average Bonchev–Trinajstić information content (AvgIpc) is 3.87. The number of carbonyl (C=O) groups is 2. The van der Waals surface area contributed by atoms with Gasteiger partial charge in [-0.3, -0.25) is 9.59 Å². The number of allylic oxidation sites excluding steroid dienone is 2. The van der Waals surface area contributed by atoms with Crippen LogP contribution < -0.4 is 4.72 Å². The number of rotatable bonds is 14. The molecule has 1 saturated heterocycles. The van der Waals surface area contributed by atoms with Crippen LogP contribution in [-0.4, -0.2) is 85.4 Å². The maximum Gasteiger partial charge on any atom is 0.306 e. The molecule has 0 aromatic heterocycles. The molecule has 1 aromatic carbocycles. The van der Waals surface area contributed by atoms with Crippen molar-refractivity contribution in [1.29, 1.82) is 0 Å². The van der Waals surface area contributed by atoms with E-state index in [-0.39, 0.29) is 24.4 Å². The molecule has 0 radical (unpaired) electrons. The highest BCUT2D eigenvalue weighted by Crippen LogP contribution is 2.39. The Morgan fingerprint density at radius 1 is 1.19 bits per heavy atom. The smallest absolute Gasteiger partial charge is 0.306 e. The Morgan fingerprint density at radius 3 is 2.45 bits per heavy atom. The maximum atomic E-state index is 14.1. The molecule has 0 spiro atoms. The van der Waals surface area contributed by atoms with Crippen LogP contribution in [-0.2, 0) is 38.6 Å². The fourth-order valence-corrected chi connectivity index (χ4v) is 8.19. The van der Waals surface area contributed by atoms with E-state index in [0.29, 0.717) is 43.4 Å². The third kappa shape index (κ3) is 12.0. The van der Waals surface area contributed by atoms with E-state index >= 15 is 0 Å². The molecule has 14 heteroatoms. The van der Waals surface area contributed by atoms with E-state index in [1.807, 2.05) is 27.7 Å². The molecular formula is C39H57F2NO10S. The van der Waals surface area contributed by atoms with Gasteiger partial charge in [-0.15, -0.1) is 0 Å². The first-order valence-electron chi connectivity index (χ1n) is 18.2. The van der Waals surface area contributed by atoms with Crippen molar-refractivity contribution in [2.45, 2.75) is 140 Å². The molecular weight excluding hydrogens is 712 g/mol. The number of benzene rings is 1. The quantitative estimate of drug-likeness (QED) is 0.0929. The number of hydrogen-bond donors (Lipinski definition) is 3. The van der Waals surface area contributed by atoms with Gasteiger partial charge < -0.3 is 29.2 Å². The highest BCUT2D eigenvalue weighted by atomic mass is 32.2. The zero-order chi connectivity index (χ0) is 39.9. The first-order valence-corrected chi connectivity index (χ1v) is 19.7. The number of cyclic esters (lactones) is 1. The van der Waals surface area contributed by atoms with Crippen LogP contribution in [0.3, 0.4) is 0 Å². The van der Waals surface area contributed by atoms with Crippen LogP contribution in [0.5, 0.6) is 0 Å². The molecule has 0 aliphatic carbocycles. The molecule has 2 aliphatic heterocycles. The van der Waals surface area contributed by atoms with Crippen LogP contribution >= 0.6 is 0 Å². The summed E-state index contributed by atoms with van der Waals surface area (Å²) in [7, 11) is -2.91. The second-order valence-electron chi connectivity index (χ2n) is 14.8. The minimum absolute atomic E-state index is 0.0783. The van der Waals surface area contributed by atoms with Crippen molar-refractivity contribution in [3.05, 3.63) is 65.8 Å². The van der Waals surface area contributed by atoms with Gasteiger partial charge in [-0.05, 0) is 75.8 Å². The van der Waals surface area contributed by atoms with E-state index in [0.717, 1.165) is 6.07 Å². The molecule has 0 saturated carbocycles. The summed E-state index contributed by atoms with van der Waals surface area (Å²) >= 11 is 0. The highest BCUT2D eigenvalue weighted by Gasteiger charge is 2.55. The van der Waals surface area contributed by atoms with Crippen LogP contribution in [0.1, 0.15) is 87.5 Å². The molecule has 11 atom stereocenters. The Hall–Kier alpha value is -3.01. The minimum atomic E-state index is -4.48. The van der Waals surface area contributed by atoms with Gasteiger partial charge in [-0.25, -0.2) is 21.9 Å². The predicted molar refractivity (Wildman–Crippen MR) is 195 cm³/mol. The molecule has 11 unspecified atom stereocenters. The SMILES string of the molecule is CCC1CCC(C)(O)C(OC(C)=O)C=CC(C)C(C(C)=CC=CC(C)(O)C(NS(=O)(=O)c2ccc(F)c(F)c2)C2OC2C(C)C(CC)OC)OC(=O)C1. The lowest BCUT2D eigenvalue weighted by Gasteiger charge is -2.33. The number of esters is 2. The van der Waals surface area contributed by atoms with Gasteiger partial charge in [0.1, 0.15) is 23.9 Å². The van der Waals surface area contributed by atoms with E-state index in [4.69, 9.17) is 18.9 Å². The van der Waals surface area contributed by atoms with Gasteiger partial charge in [0.05, 0.1) is 28.7 Å². The molecule has 0 bridgehead atoms. The number of halogens is 2. The summed E-state index contributed by atoms with van der Waals surface area (Å²) in [5.41, 5.74) is -2.68. The molecule has 0 amide bonds.